The number of carbonyl (C=O) groups is 1. The van der Waals surface area contributed by atoms with Crippen molar-refractivity contribution in [1.29, 1.82) is 5.26 Å². The number of rotatable bonds is 8. The van der Waals surface area contributed by atoms with Crippen molar-refractivity contribution in [2.75, 3.05) is 38.5 Å². The molecule has 4 aliphatic heterocycles. The molecule has 0 spiro atoms. The Balaban J connectivity index is 1.05. The number of nitrogens with two attached hydrogens (primary N) is 1. The summed E-state index contributed by atoms with van der Waals surface area (Å²) in [4.78, 5) is 27.5. The molecule has 6 heterocycles. The molecule has 1 amide bonds. The highest BCUT2D eigenvalue weighted by Crippen LogP contribution is 2.52. The van der Waals surface area contributed by atoms with Gasteiger partial charge in [-0.05, 0) is 69.0 Å². The fraction of sp³-hybridized carbons (Fsp3) is 0.622. The molecule has 3 N–H and O–H groups in total. The quantitative estimate of drug-likeness (QED) is 0.281. The molecule has 0 radical (unpaired) electrons. The molecule has 14 heteroatoms. The Morgan fingerprint density at radius 3 is 2.76 bits per heavy atom. The first kappa shape index (κ1) is 33.5. The summed E-state index contributed by atoms with van der Waals surface area (Å²) in [6, 6.07) is 4.13. The molecular formula is C37H42ClF2N7O3S. The molecule has 2 aliphatic carbocycles. The van der Waals surface area contributed by atoms with Gasteiger partial charge in [0.25, 0.3) is 0 Å². The van der Waals surface area contributed by atoms with Gasteiger partial charge < -0.3 is 20.1 Å². The predicted molar refractivity (Wildman–Crippen MR) is 190 cm³/mol. The van der Waals surface area contributed by atoms with Crippen LogP contribution in [0.4, 0.5) is 13.8 Å². The Kier molecular flexibility index (Phi) is 8.14. The van der Waals surface area contributed by atoms with Gasteiger partial charge in [-0.15, -0.1) is 11.3 Å². The molecule has 2 aromatic heterocycles. The van der Waals surface area contributed by atoms with Gasteiger partial charge in [-0.3, -0.25) is 15.0 Å². The maximum atomic E-state index is 17.3. The van der Waals surface area contributed by atoms with E-state index in [2.05, 4.69) is 26.3 Å². The van der Waals surface area contributed by atoms with Gasteiger partial charge in [0, 0.05) is 65.8 Å². The number of carbonyl (C=O) groups excluding carboxylic acids is 1. The van der Waals surface area contributed by atoms with Crippen molar-refractivity contribution in [1.82, 2.24) is 25.1 Å². The molecule has 4 saturated heterocycles. The van der Waals surface area contributed by atoms with E-state index in [4.69, 9.17) is 26.8 Å². The normalized spacial score (nSPS) is 30.6. The van der Waals surface area contributed by atoms with Crippen molar-refractivity contribution < 1.29 is 23.0 Å². The van der Waals surface area contributed by atoms with Crippen molar-refractivity contribution in [3.63, 3.8) is 0 Å². The van der Waals surface area contributed by atoms with Crippen LogP contribution in [-0.2, 0) is 16.6 Å². The smallest absolute Gasteiger partial charge is 0.320 e. The fourth-order valence-corrected chi connectivity index (χ4v) is 11.2. The molecule has 0 unspecified atom stereocenters. The molecule has 3 aromatic rings. The number of halogens is 3. The maximum absolute atomic E-state index is 17.3. The van der Waals surface area contributed by atoms with E-state index >= 15 is 4.39 Å². The van der Waals surface area contributed by atoms with E-state index in [1.807, 2.05) is 11.8 Å². The number of nitrogens with zero attached hydrogens (tertiary/aromatic N) is 5. The zero-order chi connectivity index (χ0) is 35.2. The molecule has 1 aromatic carbocycles. The van der Waals surface area contributed by atoms with Gasteiger partial charge in [-0.25, -0.2) is 8.78 Å². The lowest BCUT2D eigenvalue weighted by Gasteiger charge is -2.36. The Morgan fingerprint density at radius 1 is 1.20 bits per heavy atom. The molecule has 0 bridgehead atoms. The monoisotopic (exact) mass is 737 g/mol. The van der Waals surface area contributed by atoms with Gasteiger partial charge >= 0.3 is 6.01 Å². The van der Waals surface area contributed by atoms with Crippen molar-refractivity contribution >= 4 is 44.7 Å². The minimum absolute atomic E-state index is 0.0126. The first-order valence-electron chi connectivity index (χ1n) is 18.3. The second-order valence-electron chi connectivity index (χ2n) is 15.7. The van der Waals surface area contributed by atoms with Gasteiger partial charge in [-0.2, -0.15) is 15.2 Å². The molecule has 5 fully saturated rings. The molecule has 9 rings (SSSR count). The van der Waals surface area contributed by atoms with Crippen LogP contribution >= 0.6 is 22.9 Å². The van der Waals surface area contributed by atoms with Gasteiger partial charge in [0.1, 0.15) is 41.5 Å². The fourth-order valence-electron chi connectivity index (χ4n) is 9.59. The highest BCUT2D eigenvalue weighted by molar-refractivity contribution is 7.16. The maximum Gasteiger partial charge on any atom is 0.320 e. The number of benzene rings is 1. The van der Waals surface area contributed by atoms with Crippen LogP contribution in [0.5, 0.6) is 11.9 Å². The number of anilines is 1. The van der Waals surface area contributed by atoms with Crippen molar-refractivity contribution in [3.05, 3.63) is 38.5 Å². The van der Waals surface area contributed by atoms with Crippen molar-refractivity contribution in [2.45, 2.75) is 106 Å². The minimum atomic E-state index is -0.925. The number of thiophene rings is 1. The van der Waals surface area contributed by atoms with Crippen LogP contribution in [0.2, 0.25) is 5.02 Å². The summed E-state index contributed by atoms with van der Waals surface area (Å²) in [7, 11) is 0. The standard InChI is InChI=1S/C37H42ClF2N7O3S/c1-36(9-2-4-25-26(36)23(16-41)32(42)51-25)27-24(38)14-22-30(28(27)40)44-35(49-18-37-10-3-11-47(37)17-20(39)15-37)45-33(22)50-21-7-12-46(13-8-21)34(48)31-29(43-31)19-5-6-19/h14,19-21,29,31,43H,2-13,15,17-18,42H2,1H3/t20-,29+,31+,36+,37+/m1/s1. The Morgan fingerprint density at radius 2 is 2.00 bits per heavy atom. The minimum Gasteiger partial charge on any atom is -0.474 e. The summed E-state index contributed by atoms with van der Waals surface area (Å²) in [5.41, 5.74) is 6.28. The topological polar surface area (TPSA) is 140 Å². The molecule has 270 valence electrons. The third kappa shape index (κ3) is 5.63. The largest absolute Gasteiger partial charge is 0.474 e. The summed E-state index contributed by atoms with van der Waals surface area (Å²) < 4.78 is 44.6. The number of hydrogen-bond donors (Lipinski definition) is 2. The summed E-state index contributed by atoms with van der Waals surface area (Å²) >= 11 is 8.40. The van der Waals surface area contributed by atoms with Crippen LogP contribution < -0.4 is 20.5 Å². The van der Waals surface area contributed by atoms with Crippen LogP contribution in [0.15, 0.2) is 6.07 Å². The Hall–Kier alpha value is -3.31. The summed E-state index contributed by atoms with van der Waals surface area (Å²) in [5, 5.41) is 14.4. The number of likely N-dealkylation sites (tertiary alicyclic amines) is 1. The van der Waals surface area contributed by atoms with Crippen LogP contribution in [0, 0.1) is 23.1 Å². The van der Waals surface area contributed by atoms with E-state index in [0.29, 0.717) is 73.2 Å². The molecule has 5 atom stereocenters. The highest BCUT2D eigenvalue weighted by Gasteiger charge is 2.52. The zero-order valence-corrected chi connectivity index (χ0v) is 30.2. The first-order valence-corrected chi connectivity index (χ1v) is 19.5. The lowest BCUT2D eigenvalue weighted by molar-refractivity contribution is -0.132. The summed E-state index contributed by atoms with van der Waals surface area (Å²) in [6.07, 6.45) is 6.62. The molecule has 1 saturated carbocycles. The molecule has 51 heavy (non-hydrogen) atoms. The lowest BCUT2D eigenvalue weighted by Crippen LogP contribution is -2.44. The number of nitrogen functional groups attached to an aromatic ring is 1. The van der Waals surface area contributed by atoms with Crippen LogP contribution in [-0.4, -0.2) is 88.4 Å². The number of alkyl halides is 1. The number of nitrogens with one attached hydrogen (secondary N) is 1. The Bertz CT molecular complexity index is 1960. The summed E-state index contributed by atoms with van der Waals surface area (Å²) in [5.74, 6) is 0.334. The second kappa shape index (κ2) is 12.4. The van der Waals surface area contributed by atoms with Crippen LogP contribution in [0.3, 0.4) is 0 Å². The molecule has 6 aliphatic rings. The number of aryl methyl sites for hydroxylation is 1. The number of fused-ring (bicyclic) bond motifs is 3. The average molecular weight is 738 g/mol. The van der Waals surface area contributed by atoms with Gasteiger partial charge in [0.15, 0.2) is 5.82 Å². The number of hydrogen-bond acceptors (Lipinski definition) is 10. The number of aromatic nitrogens is 2. The van der Waals surface area contributed by atoms with Crippen molar-refractivity contribution in [3.8, 4) is 18.0 Å². The number of piperidine rings is 1. The number of nitriles is 1. The molecule has 10 nitrogen and oxygen atoms in total. The highest BCUT2D eigenvalue weighted by atomic mass is 35.5. The van der Waals surface area contributed by atoms with Gasteiger partial charge in [0.2, 0.25) is 11.8 Å². The van der Waals surface area contributed by atoms with Crippen LogP contribution in [0.25, 0.3) is 10.9 Å². The van der Waals surface area contributed by atoms with E-state index in [1.165, 1.54) is 24.2 Å². The van der Waals surface area contributed by atoms with Crippen LogP contribution in [0.1, 0.15) is 86.3 Å². The lowest BCUT2D eigenvalue weighted by atomic mass is 9.68. The van der Waals surface area contributed by atoms with Crippen molar-refractivity contribution in [2.24, 2.45) is 5.92 Å². The second-order valence-corrected chi connectivity index (χ2v) is 17.2. The predicted octanol–water partition coefficient (Wildman–Crippen LogP) is 5.66. The average Bonchev–Trinajstić information content (AvgIpc) is 4.00. The Labute approximate surface area is 304 Å². The van der Waals surface area contributed by atoms with E-state index in [1.54, 1.807) is 6.07 Å². The van der Waals surface area contributed by atoms with E-state index < -0.39 is 22.9 Å². The SMILES string of the molecule is C[C@]1(c2c(Cl)cc3c(OC4CCN(C(=O)[C@H]5N[C@H]5C5CC5)CC4)nc(OC[C@@]45CCCN4C[C@H](F)C5)nc3c2F)CCCc2sc(N)c(C#N)c21. The number of amides is 1. The zero-order valence-electron chi connectivity index (χ0n) is 28.7. The number of ether oxygens (including phenoxy) is 2. The van der Waals surface area contributed by atoms with E-state index in [-0.39, 0.29) is 52.7 Å². The van der Waals surface area contributed by atoms with Gasteiger partial charge in [0.05, 0.1) is 16.5 Å². The first-order chi connectivity index (χ1) is 24.6. The third-order valence-electron chi connectivity index (χ3n) is 12.4. The van der Waals surface area contributed by atoms with E-state index in [9.17, 15) is 14.4 Å². The third-order valence-corrected chi connectivity index (χ3v) is 13.8. The molecular weight excluding hydrogens is 696 g/mol. The van der Waals surface area contributed by atoms with Gasteiger partial charge in [-0.1, -0.05) is 18.5 Å². The summed E-state index contributed by atoms with van der Waals surface area (Å²) in [6.45, 7) is 4.40. The van der Waals surface area contributed by atoms with E-state index in [0.717, 1.165) is 42.7 Å².